The van der Waals surface area contributed by atoms with Crippen LogP contribution in [0.3, 0.4) is 0 Å². The van der Waals surface area contributed by atoms with Crippen molar-refractivity contribution in [3.8, 4) is 0 Å². The minimum atomic E-state index is -1.32. The van der Waals surface area contributed by atoms with Crippen LogP contribution in [0.1, 0.15) is 224 Å². The first-order chi connectivity index (χ1) is 66.0. The third-order valence-corrected chi connectivity index (χ3v) is 21.2. The number of esters is 9. The van der Waals surface area contributed by atoms with Gasteiger partial charge in [0.25, 0.3) is 0 Å². The second kappa shape index (κ2) is 66.5. The highest BCUT2D eigenvalue weighted by Crippen LogP contribution is 2.33. The van der Waals surface area contributed by atoms with E-state index in [0.717, 1.165) is 62.3 Å². The number of ether oxygens (including phenoxy) is 18. The number of ketones is 1. The first-order valence-corrected chi connectivity index (χ1v) is 46.8. The number of nitrogens with zero attached hydrogens (tertiary/aromatic N) is 1. The summed E-state index contributed by atoms with van der Waals surface area (Å²) < 4.78 is 103. The summed E-state index contributed by atoms with van der Waals surface area (Å²) in [6.07, 6.45) is -11.3. The van der Waals surface area contributed by atoms with E-state index in [1.165, 1.54) is 25.7 Å². The zero-order valence-corrected chi connectivity index (χ0v) is 81.5. The number of Topliss-reactive ketones (excluding diaryl/α,β-unsaturated/α-hetero) is 1. The predicted octanol–water partition coefficient (Wildman–Crippen LogP) is -0.742. The second-order valence-corrected chi connectivity index (χ2v) is 33.7. The number of amides is 11. The lowest BCUT2D eigenvalue weighted by Gasteiger charge is -2.44. The van der Waals surface area contributed by atoms with Crippen LogP contribution in [0.15, 0.2) is 0 Å². The molecule has 4 aliphatic rings. The molecule has 139 heavy (non-hydrogen) atoms. The number of likely N-dealkylation sites (tertiary alicyclic amines) is 1. The van der Waals surface area contributed by atoms with E-state index in [-0.39, 0.29) is 205 Å². The average Bonchev–Trinajstić information content (AvgIpc) is 1.13. The molecule has 15 atom stereocenters. The van der Waals surface area contributed by atoms with Crippen LogP contribution in [0.2, 0.25) is 0 Å². The third-order valence-electron chi connectivity index (χ3n) is 21.2. The first-order valence-electron chi connectivity index (χ1n) is 46.8. The van der Waals surface area contributed by atoms with E-state index in [9.17, 15) is 101 Å². The number of unbranched alkanes of at least 4 members (excludes halogenated alkanes) is 5. The second-order valence-electron chi connectivity index (χ2n) is 33.7. The molecule has 0 aromatic carbocycles. The molecular formula is C90H142N10O39. The van der Waals surface area contributed by atoms with Crippen LogP contribution in [-0.2, 0) is 186 Å². The van der Waals surface area contributed by atoms with E-state index in [1.807, 2.05) is 0 Å². The molecule has 0 spiro atoms. The summed E-state index contributed by atoms with van der Waals surface area (Å²) in [5, 5.41) is 24.6. The van der Waals surface area contributed by atoms with E-state index < -0.39 is 206 Å². The number of hydrogen-bond acceptors (Lipinski definition) is 39. The van der Waals surface area contributed by atoms with Crippen molar-refractivity contribution in [2.45, 2.75) is 316 Å². The van der Waals surface area contributed by atoms with Gasteiger partial charge < -0.3 is 133 Å². The van der Waals surface area contributed by atoms with Gasteiger partial charge in [0.15, 0.2) is 55.5 Å². The fourth-order valence-corrected chi connectivity index (χ4v) is 15.0. The maximum atomic E-state index is 14.2. The molecule has 11 amide bonds. The lowest BCUT2D eigenvalue weighted by Crippen LogP contribution is -2.66. The number of rotatable bonds is 68. The lowest BCUT2D eigenvalue weighted by molar-refractivity contribution is -0.277. The van der Waals surface area contributed by atoms with Crippen LogP contribution >= 0.6 is 0 Å². The molecule has 15 unspecified atom stereocenters. The number of imide groups is 1. The number of hydrogen-bond donors (Lipinski definition) is 9. The quantitative estimate of drug-likeness (QED) is 0.0157. The molecule has 49 heteroatoms. The van der Waals surface area contributed by atoms with Gasteiger partial charge in [-0.05, 0) is 70.6 Å². The Morgan fingerprint density at radius 3 is 0.820 bits per heavy atom. The number of carbonyl (C=O) groups excluding carboxylic acids is 21. The van der Waals surface area contributed by atoms with Crippen LogP contribution in [0.4, 0.5) is 0 Å². The molecule has 0 aromatic rings. The molecule has 9 N–H and O–H groups in total. The Hall–Kier alpha value is -11.1. The summed E-state index contributed by atoms with van der Waals surface area (Å²) in [4.78, 5) is 264. The summed E-state index contributed by atoms with van der Waals surface area (Å²) in [5.74, 6) is -11.3. The molecule has 0 radical (unpaired) electrons. The van der Waals surface area contributed by atoms with Crippen molar-refractivity contribution in [2.75, 3.05) is 125 Å². The van der Waals surface area contributed by atoms with E-state index in [1.54, 1.807) is 0 Å². The van der Waals surface area contributed by atoms with Crippen molar-refractivity contribution in [1.29, 1.82) is 0 Å². The lowest BCUT2D eigenvalue weighted by atomic mass is 9.84. The fraction of sp³-hybridized carbons (Fsp3) is 0.767. The van der Waals surface area contributed by atoms with Gasteiger partial charge in [0, 0.05) is 218 Å². The van der Waals surface area contributed by atoms with Crippen molar-refractivity contribution < 1.29 is 186 Å². The molecule has 49 nitrogen and oxygen atoms in total. The van der Waals surface area contributed by atoms with Gasteiger partial charge in [-0.3, -0.25) is 106 Å². The number of carbonyl (C=O) groups is 21. The Kier molecular flexibility index (Phi) is 57.5. The third kappa shape index (κ3) is 50.6. The largest absolute Gasteiger partial charge is 0.463 e. The summed E-state index contributed by atoms with van der Waals surface area (Å²) in [6.45, 7) is 12.4. The summed E-state index contributed by atoms with van der Waals surface area (Å²) >= 11 is 0. The molecule has 4 saturated heterocycles. The summed E-state index contributed by atoms with van der Waals surface area (Å²) in [5.41, 5.74) is -1.29. The maximum absolute atomic E-state index is 14.2. The SMILES string of the molecule is CC(=O)NC1C(OCCCCC(=O)NCCCNC(=O)CCOCC(COCCC(=O)NCCCNC(=O)CCCCOC2OC(COC(C)=O)C(OC(C)=O)C(OC(C)=O)C2NC(C)=O)(COCCC(=O)NCCCNC(=O)CCCCOC2OC(COC(C)=O)C(OC(C)=O)C(OC(C)=O)C2NC(C)=O)CC(=O)CCCCCN2C(=O)CCC2=O)OC(COC(C)=O)C(OC(C)=O)C1OC(C)=O. The molecule has 0 bridgehead atoms. The highest BCUT2D eigenvalue weighted by atomic mass is 16.7. The topological polar surface area (TPSA) is 636 Å². The van der Waals surface area contributed by atoms with Crippen molar-refractivity contribution in [3.05, 3.63) is 0 Å². The van der Waals surface area contributed by atoms with Crippen LogP contribution in [0.25, 0.3) is 0 Å². The minimum absolute atomic E-state index is 0.0201. The van der Waals surface area contributed by atoms with Gasteiger partial charge in [-0.15, -0.1) is 0 Å². The average molecular weight is 1990 g/mol. The zero-order chi connectivity index (χ0) is 103. The zero-order valence-electron chi connectivity index (χ0n) is 81.5. The number of nitrogens with one attached hydrogen (secondary N) is 9. The van der Waals surface area contributed by atoms with Crippen LogP contribution in [0.5, 0.6) is 0 Å². The summed E-state index contributed by atoms with van der Waals surface area (Å²) in [7, 11) is 0. The molecule has 0 saturated carbocycles. The van der Waals surface area contributed by atoms with Gasteiger partial charge in [0.05, 0.1) is 39.6 Å². The van der Waals surface area contributed by atoms with Gasteiger partial charge in [0.2, 0.25) is 65.0 Å². The van der Waals surface area contributed by atoms with Gasteiger partial charge in [0.1, 0.15) is 62.0 Å². The van der Waals surface area contributed by atoms with Crippen LogP contribution < -0.4 is 47.9 Å². The highest BCUT2D eigenvalue weighted by Gasteiger charge is 2.55. The summed E-state index contributed by atoms with van der Waals surface area (Å²) in [6, 6.07) is -3.53. The Bertz CT molecular complexity index is 3660. The fourth-order valence-electron chi connectivity index (χ4n) is 15.0. The normalized spacial score (nSPS) is 21.9. The van der Waals surface area contributed by atoms with Crippen molar-refractivity contribution in [3.63, 3.8) is 0 Å². The maximum Gasteiger partial charge on any atom is 0.303 e. The van der Waals surface area contributed by atoms with Crippen LogP contribution in [-0.4, -0.2) is 346 Å². The monoisotopic (exact) mass is 1990 g/mol. The van der Waals surface area contributed by atoms with Crippen LogP contribution in [0, 0.1) is 5.41 Å². The van der Waals surface area contributed by atoms with Gasteiger partial charge in [-0.2, -0.15) is 0 Å². The van der Waals surface area contributed by atoms with Crippen molar-refractivity contribution in [1.82, 2.24) is 52.8 Å². The smallest absolute Gasteiger partial charge is 0.303 e. The van der Waals surface area contributed by atoms with Crippen molar-refractivity contribution >= 4 is 124 Å². The van der Waals surface area contributed by atoms with Gasteiger partial charge in [-0.1, -0.05) is 6.42 Å². The molecule has 4 heterocycles. The molecule has 0 aromatic heterocycles. The standard InChI is InChI=1S/C90H142N10O39/c1-54(101)97-78-84(134-63(10)110)81(131-60(7)107)67(48-128-57(4)104)137-87(78)125-41-19-15-26-70(114)91-34-22-37-94-73(117)31-44-122-51-90(47-66(113)25-14-13-18-40-100-76(120)29-30-77(100)121,52-123-45-32-74(118)95-38-23-35-92-71(115)27-16-20-42-126-88-79(98-55(2)102)85(135-64(11)111)82(132-61(8)108)68(138-88)49-129-58(5)105)53-124-46-33-75(119)96-39-24-36-93-72(116)28-17-21-43-127-89-80(99-56(3)103)86(136-65(12)112)83(133-62(9)109)69(139-89)50-130-59(6)106/h67-69,78-89H,13-53H2,1-12H3,(H,91,114)(H,92,115)(H,93,116)(H,94,117)(H,95,118)(H,96,119)(H,97,101)(H,98,102)(H,99,103). The molecule has 0 aliphatic carbocycles. The molecule has 4 aliphatic heterocycles. The molecule has 786 valence electrons. The Morgan fingerprint density at radius 2 is 0.561 bits per heavy atom. The van der Waals surface area contributed by atoms with E-state index in [4.69, 9.17) is 85.3 Å². The molecular weight excluding hydrogens is 1850 g/mol. The highest BCUT2D eigenvalue weighted by molar-refractivity contribution is 6.02. The Balaban J connectivity index is 1.36. The Morgan fingerprint density at radius 1 is 0.302 bits per heavy atom. The molecule has 4 rings (SSSR count). The van der Waals surface area contributed by atoms with Crippen molar-refractivity contribution in [2.24, 2.45) is 5.41 Å². The van der Waals surface area contributed by atoms with Gasteiger partial charge in [-0.25, -0.2) is 0 Å². The predicted molar refractivity (Wildman–Crippen MR) is 476 cm³/mol. The van der Waals surface area contributed by atoms with E-state index >= 15 is 0 Å². The Labute approximate surface area is 806 Å². The van der Waals surface area contributed by atoms with Gasteiger partial charge >= 0.3 is 53.7 Å². The molecule has 4 fully saturated rings. The minimum Gasteiger partial charge on any atom is -0.463 e. The van der Waals surface area contributed by atoms with E-state index in [0.29, 0.717) is 77.0 Å². The first kappa shape index (κ1) is 120. The van der Waals surface area contributed by atoms with E-state index in [2.05, 4.69) is 47.9 Å².